The highest BCUT2D eigenvalue weighted by Gasteiger charge is 2.34. The average molecular weight is 471 g/mol. The van der Waals surface area contributed by atoms with Crippen molar-refractivity contribution in [2.75, 3.05) is 12.0 Å². The number of tetrazole rings is 1. The summed E-state index contributed by atoms with van der Waals surface area (Å²) in [5.74, 6) is -2.36. The summed E-state index contributed by atoms with van der Waals surface area (Å²) in [6.45, 7) is 4.92. The SMILES string of the molecule is C=C(F)/C(=C(\C=C/C)OC)n1nnn(C(=O)N(c2ccccc2)[C@H]2CC[C@H](C(=O)O)CC2)c1=O. The second-order valence-corrected chi connectivity index (χ2v) is 7.74. The number of rotatable bonds is 7. The number of methoxy groups -OCH3 is 1. The maximum absolute atomic E-state index is 14.3. The lowest BCUT2D eigenvalue weighted by Gasteiger charge is -2.35. The van der Waals surface area contributed by atoms with Crippen LogP contribution in [-0.2, 0) is 9.53 Å². The third-order valence-corrected chi connectivity index (χ3v) is 5.65. The summed E-state index contributed by atoms with van der Waals surface area (Å²) in [4.78, 5) is 39.4. The van der Waals surface area contributed by atoms with Crippen LogP contribution < -0.4 is 10.6 Å². The number of anilines is 1. The molecule has 0 saturated heterocycles. The van der Waals surface area contributed by atoms with Gasteiger partial charge in [-0.25, -0.2) is 14.0 Å². The van der Waals surface area contributed by atoms with Crippen molar-refractivity contribution in [3.05, 3.63) is 71.1 Å². The molecule has 3 rings (SSSR count). The molecule has 1 N–H and O–H groups in total. The van der Waals surface area contributed by atoms with Crippen molar-refractivity contribution in [1.29, 1.82) is 0 Å². The van der Waals surface area contributed by atoms with Crippen molar-refractivity contribution in [3.8, 4) is 0 Å². The summed E-state index contributed by atoms with van der Waals surface area (Å²) in [7, 11) is 1.30. The fourth-order valence-corrected chi connectivity index (χ4v) is 4.00. The Labute approximate surface area is 195 Å². The van der Waals surface area contributed by atoms with Crippen molar-refractivity contribution >= 4 is 23.4 Å². The number of para-hydroxylation sites is 1. The van der Waals surface area contributed by atoms with E-state index < -0.39 is 29.4 Å². The summed E-state index contributed by atoms with van der Waals surface area (Å²) in [5, 5.41) is 16.7. The molecule has 1 amide bonds. The third-order valence-electron chi connectivity index (χ3n) is 5.65. The molecule has 0 unspecified atom stereocenters. The Morgan fingerprint density at radius 2 is 1.79 bits per heavy atom. The minimum atomic E-state index is -1.00. The number of allylic oxidation sites excluding steroid dienone is 4. The Hall–Kier alpha value is -4.02. The van der Waals surface area contributed by atoms with E-state index >= 15 is 0 Å². The van der Waals surface area contributed by atoms with Gasteiger partial charge in [-0.15, -0.1) is 4.68 Å². The van der Waals surface area contributed by atoms with Gasteiger partial charge in [-0.1, -0.05) is 30.9 Å². The highest BCUT2D eigenvalue weighted by Crippen LogP contribution is 2.31. The number of carbonyl (C=O) groups is 2. The first-order valence-corrected chi connectivity index (χ1v) is 10.7. The van der Waals surface area contributed by atoms with Crippen LogP contribution in [0.1, 0.15) is 32.6 Å². The van der Waals surface area contributed by atoms with E-state index in [-0.39, 0.29) is 17.5 Å². The lowest BCUT2D eigenvalue weighted by Crippen LogP contribution is -2.48. The van der Waals surface area contributed by atoms with E-state index in [2.05, 4.69) is 17.0 Å². The van der Waals surface area contributed by atoms with E-state index in [1.807, 2.05) is 0 Å². The van der Waals surface area contributed by atoms with E-state index in [4.69, 9.17) is 4.74 Å². The first kappa shape index (κ1) is 24.6. The minimum Gasteiger partial charge on any atom is -0.494 e. The number of carbonyl (C=O) groups excluding carboxylic acids is 1. The number of carboxylic acids is 1. The van der Waals surface area contributed by atoms with Crippen molar-refractivity contribution in [2.45, 2.75) is 38.6 Å². The van der Waals surface area contributed by atoms with Crippen molar-refractivity contribution < 1.29 is 23.8 Å². The van der Waals surface area contributed by atoms with Crippen LogP contribution in [0.15, 0.2) is 65.4 Å². The molecule has 0 spiro atoms. The number of halogens is 1. The number of ether oxygens (including phenoxy) is 1. The molecule has 1 fully saturated rings. The number of hydrogen-bond donors (Lipinski definition) is 1. The molecular weight excluding hydrogens is 445 g/mol. The van der Waals surface area contributed by atoms with Crippen molar-refractivity contribution in [3.63, 3.8) is 0 Å². The number of aromatic nitrogens is 4. The van der Waals surface area contributed by atoms with Gasteiger partial charge >= 0.3 is 17.7 Å². The lowest BCUT2D eigenvalue weighted by molar-refractivity contribution is -0.142. The number of aliphatic carboxylic acids is 1. The smallest absolute Gasteiger partial charge is 0.377 e. The molecule has 0 atom stereocenters. The molecule has 0 bridgehead atoms. The highest BCUT2D eigenvalue weighted by molar-refractivity contribution is 5.93. The molecule has 34 heavy (non-hydrogen) atoms. The topological polar surface area (TPSA) is 120 Å². The predicted molar refractivity (Wildman–Crippen MR) is 123 cm³/mol. The molecule has 10 nitrogen and oxygen atoms in total. The predicted octanol–water partition coefficient (Wildman–Crippen LogP) is 3.43. The lowest BCUT2D eigenvalue weighted by atomic mass is 9.85. The van der Waals surface area contributed by atoms with Gasteiger partial charge in [0, 0.05) is 11.7 Å². The summed E-state index contributed by atoms with van der Waals surface area (Å²) < 4.78 is 20.6. The summed E-state index contributed by atoms with van der Waals surface area (Å²) in [6, 6.07) is 7.55. The van der Waals surface area contributed by atoms with Gasteiger partial charge in [0.05, 0.1) is 13.0 Å². The number of amides is 1. The summed E-state index contributed by atoms with van der Waals surface area (Å²) >= 11 is 0. The van der Waals surface area contributed by atoms with E-state index in [0.717, 1.165) is 0 Å². The van der Waals surface area contributed by atoms with Crippen LogP contribution in [0.3, 0.4) is 0 Å². The summed E-state index contributed by atoms with van der Waals surface area (Å²) in [6.07, 6.45) is 4.66. The molecule has 180 valence electrons. The molecule has 11 heteroatoms. The third kappa shape index (κ3) is 4.98. The Balaban J connectivity index is 2.03. The van der Waals surface area contributed by atoms with Gasteiger partial charge in [-0.3, -0.25) is 9.69 Å². The van der Waals surface area contributed by atoms with Crippen LogP contribution in [0.5, 0.6) is 0 Å². The fraction of sp³-hybridized carbons (Fsp3) is 0.348. The number of benzene rings is 1. The minimum absolute atomic E-state index is 0.0245. The van der Waals surface area contributed by atoms with Crippen LogP contribution in [0.25, 0.3) is 5.70 Å². The van der Waals surface area contributed by atoms with Crippen LogP contribution in [0.2, 0.25) is 0 Å². The zero-order valence-electron chi connectivity index (χ0n) is 18.9. The molecule has 0 radical (unpaired) electrons. The van der Waals surface area contributed by atoms with E-state index in [1.165, 1.54) is 18.1 Å². The second kappa shape index (κ2) is 10.7. The molecule has 0 aliphatic heterocycles. The normalized spacial score (nSPS) is 18.9. The average Bonchev–Trinajstić information content (AvgIpc) is 3.20. The van der Waals surface area contributed by atoms with Crippen LogP contribution in [0, 0.1) is 5.92 Å². The molecular formula is C23H26FN5O5. The van der Waals surface area contributed by atoms with Crippen molar-refractivity contribution in [2.24, 2.45) is 5.92 Å². The molecule has 1 aliphatic carbocycles. The van der Waals surface area contributed by atoms with E-state index in [1.54, 1.807) is 43.3 Å². The maximum Gasteiger partial charge on any atom is 0.377 e. The Morgan fingerprint density at radius 3 is 2.32 bits per heavy atom. The highest BCUT2D eigenvalue weighted by atomic mass is 19.1. The quantitative estimate of drug-likeness (QED) is 0.373. The van der Waals surface area contributed by atoms with Gasteiger partial charge in [0.25, 0.3) is 0 Å². The van der Waals surface area contributed by atoms with Gasteiger partial charge in [0.2, 0.25) is 0 Å². The van der Waals surface area contributed by atoms with Gasteiger partial charge in [-0.2, -0.15) is 4.68 Å². The first-order chi connectivity index (χ1) is 16.3. The van der Waals surface area contributed by atoms with Gasteiger partial charge in [0.15, 0.2) is 0 Å². The second-order valence-electron chi connectivity index (χ2n) is 7.74. The Bertz CT molecular complexity index is 1180. The van der Waals surface area contributed by atoms with E-state index in [9.17, 15) is 23.9 Å². The van der Waals surface area contributed by atoms with Crippen LogP contribution >= 0.6 is 0 Å². The number of hydrogen-bond acceptors (Lipinski definition) is 6. The van der Waals surface area contributed by atoms with Crippen LogP contribution in [0.4, 0.5) is 14.9 Å². The zero-order valence-corrected chi connectivity index (χ0v) is 18.9. The standard InChI is InChI=1S/C23H26FN5O5/c1-4-8-19(34-3)20(15(2)24)28-23(33)29(26-25-28)22(32)27(17-9-6-5-7-10-17)18-13-11-16(12-14-18)21(30)31/h4-10,16,18H,2,11-14H2,1,3H3,(H,30,31)/b8-4-,20-19-/t16-,18-. The van der Waals surface area contributed by atoms with Crippen molar-refractivity contribution in [1.82, 2.24) is 19.8 Å². The molecule has 1 aliphatic rings. The number of carboxylic acid groups (broad SMARTS) is 1. The molecule has 2 aromatic rings. The van der Waals surface area contributed by atoms with Gasteiger partial charge < -0.3 is 9.84 Å². The summed E-state index contributed by atoms with van der Waals surface area (Å²) in [5.41, 5.74) is -0.860. The molecule has 1 aromatic heterocycles. The van der Waals surface area contributed by atoms with Crippen LogP contribution in [-0.4, -0.2) is 50.0 Å². The largest absolute Gasteiger partial charge is 0.494 e. The first-order valence-electron chi connectivity index (χ1n) is 10.7. The molecule has 1 aromatic carbocycles. The Kier molecular flexibility index (Phi) is 7.77. The molecule has 1 heterocycles. The maximum atomic E-state index is 14.3. The van der Waals surface area contributed by atoms with E-state index in [0.29, 0.717) is 40.7 Å². The number of nitrogens with zero attached hydrogens (tertiary/aromatic N) is 5. The monoisotopic (exact) mass is 471 g/mol. The molecule has 1 saturated carbocycles. The van der Waals surface area contributed by atoms with Gasteiger partial charge in [0.1, 0.15) is 17.3 Å². The zero-order chi connectivity index (χ0) is 24.8. The van der Waals surface area contributed by atoms with Gasteiger partial charge in [-0.05, 0) is 61.2 Å². The fourth-order valence-electron chi connectivity index (χ4n) is 4.00. The Morgan fingerprint density at radius 1 is 1.18 bits per heavy atom.